The molecule has 0 bridgehead atoms. The van der Waals surface area contributed by atoms with Crippen LogP contribution in [0.15, 0.2) is 6.07 Å². The Balaban J connectivity index is 1.65. The maximum atomic E-state index is 13.9. The zero-order chi connectivity index (χ0) is 28.9. The highest BCUT2D eigenvalue weighted by atomic mass is 19.2. The number of ketones is 1. The smallest absolute Gasteiger partial charge is 0.308 e. The van der Waals surface area contributed by atoms with Crippen LogP contribution in [0.1, 0.15) is 65.7 Å². The van der Waals surface area contributed by atoms with Gasteiger partial charge in [0.05, 0.1) is 6.42 Å². The molecule has 216 valence electrons. The van der Waals surface area contributed by atoms with E-state index in [2.05, 4.69) is 5.32 Å². The van der Waals surface area contributed by atoms with E-state index in [1.54, 1.807) is 25.7 Å². The SMILES string of the molecule is CC(C)(C)OC(=O)C[C@H](NC(=O)C1CCN(C(=O)C2CCCC2)CC1)C(=O)COc1c(F)c(F)cc(F)c1F. The first-order valence-electron chi connectivity index (χ1n) is 13.1. The number of halogens is 4. The highest BCUT2D eigenvalue weighted by molar-refractivity contribution is 5.93. The number of piperidine rings is 1. The fourth-order valence-electron chi connectivity index (χ4n) is 4.80. The van der Waals surface area contributed by atoms with E-state index in [1.807, 2.05) is 0 Å². The highest BCUT2D eigenvalue weighted by Gasteiger charge is 2.34. The number of nitrogens with zero attached hydrogens (tertiary/aromatic N) is 1. The summed E-state index contributed by atoms with van der Waals surface area (Å²) < 4.78 is 64.8. The van der Waals surface area contributed by atoms with Crippen molar-refractivity contribution in [3.05, 3.63) is 29.3 Å². The van der Waals surface area contributed by atoms with Crippen molar-refractivity contribution >= 4 is 23.6 Å². The summed E-state index contributed by atoms with van der Waals surface area (Å²) in [6.45, 7) is 4.49. The van der Waals surface area contributed by atoms with Crippen molar-refractivity contribution in [2.45, 2.75) is 77.4 Å². The number of esters is 1. The summed E-state index contributed by atoms with van der Waals surface area (Å²) >= 11 is 0. The van der Waals surface area contributed by atoms with Gasteiger partial charge in [-0.1, -0.05) is 12.8 Å². The van der Waals surface area contributed by atoms with Crippen LogP contribution in [0, 0.1) is 35.1 Å². The molecule has 12 heteroatoms. The number of hydrogen-bond donors (Lipinski definition) is 1. The number of likely N-dealkylation sites (tertiary alicyclic amines) is 1. The van der Waals surface area contributed by atoms with Crippen molar-refractivity contribution in [1.82, 2.24) is 10.2 Å². The molecule has 1 aromatic rings. The first-order valence-corrected chi connectivity index (χ1v) is 13.1. The molecule has 1 saturated heterocycles. The van der Waals surface area contributed by atoms with Crippen LogP contribution >= 0.6 is 0 Å². The molecule has 2 aliphatic rings. The second kappa shape index (κ2) is 12.8. The van der Waals surface area contributed by atoms with Crippen LogP contribution < -0.4 is 10.1 Å². The van der Waals surface area contributed by atoms with Gasteiger partial charge in [0.25, 0.3) is 0 Å². The minimum atomic E-state index is -1.83. The maximum absolute atomic E-state index is 13.9. The number of ether oxygens (including phenoxy) is 2. The third kappa shape index (κ3) is 8.15. The van der Waals surface area contributed by atoms with Crippen LogP contribution in [0.2, 0.25) is 0 Å². The van der Waals surface area contributed by atoms with Gasteiger partial charge in [-0.3, -0.25) is 19.2 Å². The van der Waals surface area contributed by atoms with Crippen molar-refractivity contribution < 1.29 is 46.2 Å². The number of hydrogen-bond acceptors (Lipinski definition) is 6. The molecule has 1 saturated carbocycles. The first-order chi connectivity index (χ1) is 18.3. The van der Waals surface area contributed by atoms with E-state index in [-0.39, 0.29) is 17.9 Å². The van der Waals surface area contributed by atoms with Crippen LogP contribution in [0.5, 0.6) is 5.75 Å². The molecule has 8 nitrogen and oxygen atoms in total. The normalized spacial score (nSPS) is 17.6. The van der Waals surface area contributed by atoms with Gasteiger partial charge in [-0.15, -0.1) is 0 Å². The highest BCUT2D eigenvalue weighted by Crippen LogP contribution is 2.29. The lowest BCUT2D eigenvalue weighted by molar-refractivity contribution is -0.156. The molecule has 0 aromatic heterocycles. The lowest BCUT2D eigenvalue weighted by Crippen LogP contribution is -2.50. The molecular formula is C27H34F4N2O6. The zero-order valence-corrected chi connectivity index (χ0v) is 22.3. The number of nitrogens with one attached hydrogen (secondary N) is 1. The molecule has 2 fully saturated rings. The second-order valence-electron chi connectivity index (χ2n) is 11.0. The minimum Gasteiger partial charge on any atom is -0.479 e. The fourth-order valence-corrected chi connectivity index (χ4v) is 4.80. The minimum absolute atomic E-state index is 0.00247. The molecule has 1 heterocycles. The third-order valence-electron chi connectivity index (χ3n) is 6.81. The average Bonchev–Trinajstić information content (AvgIpc) is 3.40. The van der Waals surface area contributed by atoms with E-state index in [4.69, 9.17) is 9.47 Å². The quantitative estimate of drug-likeness (QED) is 0.281. The number of amides is 2. The molecule has 39 heavy (non-hydrogen) atoms. The Kier molecular flexibility index (Phi) is 9.95. The van der Waals surface area contributed by atoms with E-state index in [0.29, 0.717) is 25.9 Å². The van der Waals surface area contributed by atoms with E-state index in [1.165, 1.54) is 0 Å². The summed E-state index contributed by atoms with van der Waals surface area (Å²) in [6, 6.07) is -1.49. The largest absolute Gasteiger partial charge is 0.479 e. The summed E-state index contributed by atoms with van der Waals surface area (Å²) in [5.41, 5.74) is -0.894. The number of rotatable bonds is 9. The maximum Gasteiger partial charge on any atom is 0.308 e. The molecule has 0 unspecified atom stereocenters. The van der Waals surface area contributed by atoms with E-state index in [0.717, 1.165) is 25.7 Å². The van der Waals surface area contributed by atoms with Gasteiger partial charge in [-0.25, -0.2) is 8.78 Å². The van der Waals surface area contributed by atoms with Crippen molar-refractivity contribution in [2.75, 3.05) is 19.7 Å². The number of carbonyl (C=O) groups is 4. The Morgan fingerprint density at radius 2 is 1.51 bits per heavy atom. The summed E-state index contributed by atoms with van der Waals surface area (Å²) in [4.78, 5) is 52.7. The Morgan fingerprint density at radius 3 is 2.05 bits per heavy atom. The number of carbonyl (C=O) groups excluding carboxylic acids is 4. The Labute approximate surface area is 224 Å². The van der Waals surface area contributed by atoms with Crippen molar-refractivity contribution in [1.29, 1.82) is 0 Å². The molecule has 0 spiro atoms. The first kappa shape index (κ1) is 30.4. The topological polar surface area (TPSA) is 102 Å². The molecule has 1 aliphatic carbocycles. The Bertz CT molecular complexity index is 1070. The van der Waals surface area contributed by atoms with Crippen molar-refractivity contribution in [3.63, 3.8) is 0 Å². The molecule has 1 atom stereocenters. The van der Waals surface area contributed by atoms with Gasteiger partial charge in [0, 0.05) is 31.0 Å². The van der Waals surface area contributed by atoms with E-state index < -0.39 is 77.3 Å². The van der Waals surface area contributed by atoms with Gasteiger partial charge in [0.2, 0.25) is 23.4 Å². The Morgan fingerprint density at radius 1 is 0.949 bits per heavy atom. The van der Waals surface area contributed by atoms with Gasteiger partial charge in [-0.2, -0.15) is 8.78 Å². The molecule has 0 radical (unpaired) electrons. The molecule has 1 N–H and O–H groups in total. The molecule has 3 rings (SSSR count). The van der Waals surface area contributed by atoms with Crippen LogP contribution in [0.25, 0.3) is 0 Å². The molecular weight excluding hydrogens is 524 g/mol. The van der Waals surface area contributed by atoms with Crippen LogP contribution in [0.4, 0.5) is 17.6 Å². The van der Waals surface area contributed by atoms with Gasteiger partial charge >= 0.3 is 5.97 Å². The van der Waals surface area contributed by atoms with Gasteiger partial charge < -0.3 is 19.7 Å². The fraction of sp³-hybridized carbons (Fsp3) is 0.630. The van der Waals surface area contributed by atoms with Crippen molar-refractivity contribution in [3.8, 4) is 5.75 Å². The molecule has 1 aliphatic heterocycles. The predicted octanol–water partition coefficient (Wildman–Crippen LogP) is 3.84. The third-order valence-corrected chi connectivity index (χ3v) is 6.81. The molecule has 2 amide bonds. The summed E-state index contributed by atoms with van der Waals surface area (Å²) in [5.74, 6) is -11.3. The van der Waals surface area contributed by atoms with Crippen LogP contribution in [-0.4, -0.2) is 59.8 Å². The Hall–Kier alpha value is -3.18. The van der Waals surface area contributed by atoms with Gasteiger partial charge in [-0.05, 0) is 46.5 Å². The summed E-state index contributed by atoms with van der Waals surface area (Å²) in [7, 11) is 0. The summed E-state index contributed by atoms with van der Waals surface area (Å²) in [5, 5.41) is 2.48. The standard InChI is InChI=1S/C27H34F4N2O6/c1-27(2,3)39-21(35)13-19(20(34)14-38-24-22(30)17(28)12-18(29)23(24)31)32-25(36)15-8-10-33(11-9-15)26(37)16-6-4-5-7-16/h12,15-16,19H,4-11,13-14H2,1-3H3,(H,32,36)/t19-/m0/s1. The zero-order valence-electron chi connectivity index (χ0n) is 22.3. The van der Waals surface area contributed by atoms with Crippen LogP contribution in [-0.2, 0) is 23.9 Å². The lowest BCUT2D eigenvalue weighted by Gasteiger charge is -2.33. The van der Waals surface area contributed by atoms with Gasteiger partial charge in [0.1, 0.15) is 18.2 Å². The second-order valence-corrected chi connectivity index (χ2v) is 11.0. The van der Waals surface area contributed by atoms with Gasteiger partial charge in [0.15, 0.2) is 23.2 Å². The van der Waals surface area contributed by atoms with Crippen molar-refractivity contribution in [2.24, 2.45) is 11.8 Å². The van der Waals surface area contributed by atoms with E-state index in [9.17, 15) is 36.7 Å². The monoisotopic (exact) mass is 558 g/mol. The van der Waals surface area contributed by atoms with E-state index >= 15 is 0 Å². The average molecular weight is 559 g/mol. The number of Topliss-reactive ketones (excluding diaryl/α,β-unsaturated/α-hetero) is 1. The predicted molar refractivity (Wildman–Crippen MR) is 130 cm³/mol. The number of benzene rings is 1. The molecule has 1 aromatic carbocycles. The van der Waals surface area contributed by atoms with Crippen LogP contribution in [0.3, 0.4) is 0 Å². The lowest BCUT2D eigenvalue weighted by atomic mass is 9.93. The summed E-state index contributed by atoms with van der Waals surface area (Å²) in [6.07, 6.45) is 3.89.